The Morgan fingerprint density at radius 3 is 2.60 bits per heavy atom. The molecule has 40 heavy (non-hydrogen) atoms. The van der Waals surface area contributed by atoms with Gasteiger partial charge in [0.1, 0.15) is 23.8 Å². The fourth-order valence-corrected chi connectivity index (χ4v) is 4.69. The van der Waals surface area contributed by atoms with E-state index in [9.17, 15) is 14.0 Å². The summed E-state index contributed by atoms with van der Waals surface area (Å²) in [6.07, 6.45) is 3.55. The standard InChI is InChI=1S/C29H34FN3O6S/c1-29(2,3)38-28(35)33(15-17-36-22-10-8-21(30)9-11-22)19-20-7-12-23(31-18-20)24-13-14-25(40-24)27(34)32-39-26-6-4-5-16-37-26/h7-14,18,26H,4-6,15-17,19H2,1-3H3,(H,32,34). The number of ether oxygens (including phenoxy) is 3. The fourth-order valence-electron chi connectivity index (χ4n) is 3.82. The van der Waals surface area contributed by atoms with Crippen molar-refractivity contribution < 1.29 is 33.0 Å². The molecule has 214 valence electrons. The summed E-state index contributed by atoms with van der Waals surface area (Å²) in [6.45, 7) is 6.76. The number of carbonyl (C=O) groups is 2. The van der Waals surface area contributed by atoms with Crippen molar-refractivity contribution in [3.8, 4) is 16.3 Å². The number of hydrogen-bond donors (Lipinski definition) is 1. The largest absolute Gasteiger partial charge is 0.492 e. The Hall–Kier alpha value is -3.54. The SMILES string of the molecule is CC(C)(C)OC(=O)N(CCOc1ccc(F)cc1)Cc1ccc(-c2ccc(C(=O)NOC3CCCCO3)s2)nc1. The highest BCUT2D eigenvalue weighted by Crippen LogP contribution is 2.27. The molecule has 2 amide bonds. The predicted octanol–water partition coefficient (Wildman–Crippen LogP) is 5.95. The molecule has 1 aromatic carbocycles. The summed E-state index contributed by atoms with van der Waals surface area (Å²) >= 11 is 1.30. The first-order chi connectivity index (χ1) is 19.2. The second kappa shape index (κ2) is 13.7. The molecule has 0 radical (unpaired) electrons. The molecule has 0 bridgehead atoms. The van der Waals surface area contributed by atoms with Gasteiger partial charge in [0, 0.05) is 19.2 Å². The molecule has 3 aromatic rings. The lowest BCUT2D eigenvalue weighted by Gasteiger charge is -2.27. The smallest absolute Gasteiger partial charge is 0.410 e. The minimum atomic E-state index is -0.660. The lowest BCUT2D eigenvalue weighted by Crippen LogP contribution is -2.38. The summed E-state index contributed by atoms with van der Waals surface area (Å²) in [6, 6.07) is 13.0. The van der Waals surface area contributed by atoms with Crippen LogP contribution in [0.4, 0.5) is 9.18 Å². The molecule has 9 nitrogen and oxygen atoms in total. The Morgan fingerprint density at radius 2 is 1.93 bits per heavy atom. The normalized spacial score (nSPS) is 15.3. The maximum Gasteiger partial charge on any atom is 0.410 e. The maximum absolute atomic E-state index is 13.2. The van der Waals surface area contributed by atoms with E-state index in [0.717, 1.165) is 29.7 Å². The number of nitrogens with one attached hydrogen (secondary N) is 1. The van der Waals surface area contributed by atoms with E-state index in [1.165, 1.54) is 40.5 Å². The van der Waals surface area contributed by atoms with Gasteiger partial charge in [0.05, 0.1) is 28.5 Å². The zero-order valence-electron chi connectivity index (χ0n) is 22.9. The van der Waals surface area contributed by atoms with E-state index in [4.69, 9.17) is 19.0 Å². The van der Waals surface area contributed by atoms with Crippen molar-refractivity contribution in [3.05, 3.63) is 71.0 Å². The van der Waals surface area contributed by atoms with Gasteiger partial charge in [0.25, 0.3) is 5.91 Å². The number of hydrogen-bond acceptors (Lipinski definition) is 8. The Bertz CT molecular complexity index is 1250. The number of benzene rings is 1. The highest BCUT2D eigenvalue weighted by molar-refractivity contribution is 7.17. The topological polar surface area (TPSA) is 99.2 Å². The summed E-state index contributed by atoms with van der Waals surface area (Å²) in [7, 11) is 0. The third-order valence-corrected chi connectivity index (χ3v) is 6.90. The van der Waals surface area contributed by atoms with Crippen molar-refractivity contribution in [1.82, 2.24) is 15.4 Å². The van der Waals surface area contributed by atoms with Crippen molar-refractivity contribution in [2.24, 2.45) is 0 Å². The van der Waals surface area contributed by atoms with Crippen LogP contribution in [0.5, 0.6) is 5.75 Å². The molecule has 1 N–H and O–H groups in total. The van der Waals surface area contributed by atoms with Gasteiger partial charge >= 0.3 is 6.09 Å². The Kier molecular flexibility index (Phi) is 10.1. The summed E-state index contributed by atoms with van der Waals surface area (Å²) in [5, 5.41) is 0. The lowest BCUT2D eigenvalue weighted by atomic mass is 10.2. The van der Waals surface area contributed by atoms with Gasteiger partial charge in [-0.15, -0.1) is 11.3 Å². The van der Waals surface area contributed by atoms with Crippen LogP contribution < -0.4 is 10.2 Å². The van der Waals surface area contributed by atoms with Crippen LogP contribution >= 0.6 is 11.3 Å². The van der Waals surface area contributed by atoms with E-state index in [-0.39, 0.29) is 31.4 Å². The van der Waals surface area contributed by atoms with Crippen LogP contribution in [0.25, 0.3) is 10.6 Å². The molecule has 1 fully saturated rings. The summed E-state index contributed by atoms with van der Waals surface area (Å²) in [5.74, 6) is -0.174. The summed E-state index contributed by atoms with van der Waals surface area (Å²) in [5.41, 5.74) is 3.31. The number of halogens is 1. The van der Waals surface area contributed by atoms with Gasteiger partial charge in [-0.25, -0.2) is 19.5 Å². The van der Waals surface area contributed by atoms with Crippen molar-refractivity contribution in [1.29, 1.82) is 0 Å². The minimum Gasteiger partial charge on any atom is -0.492 e. The van der Waals surface area contributed by atoms with Crippen LogP contribution in [-0.2, 0) is 20.9 Å². The molecular formula is C29H34FN3O6S. The zero-order chi connectivity index (χ0) is 28.5. The molecule has 4 rings (SSSR count). The van der Waals surface area contributed by atoms with Crippen LogP contribution in [0.2, 0.25) is 0 Å². The third-order valence-electron chi connectivity index (χ3n) is 5.80. The monoisotopic (exact) mass is 571 g/mol. The Labute approximate surface area is 237 Å². The highest BCUT2D eigenvalue weighted by atomic mass is 32.1. The first-order valence-corrected chi connectivity index (χ1v) is 14.0. The Balaban J connectivity index is 1.35. The van der Waals surface area contributed by atoms with Crippen molar-refractivity contribution in [3.63, 3.8) is 0 Å². The number of thiophene rings is 1. The molecule has 1 aliphatic rings. The quantitative estimate of drug-likeness (QED) is 0.300. The maximum atomic E-state index is 13.2. The molecule has 1 saturated heterocycles. The molecule has 11 heteroatoms. The predicted molar refractivity (Wildman–Crippen MR) is 148 cm³/mol. The van der Waals surface area contributed by atoms with E-state index < -0.39 is 18.0 Å². The van der Waals surface area contributed by atoms with Crippen molar-refractivity contribution in [2.45, 2.75) is 58.5 Å². The van der Waals surface area contributed by atoms with Crippen LogP contribution in [0, 0.1) is 5.82 Å². The van der Waals surface area contributed by atoms with E-state index in [0.29, 0.717) is 22.9 Å². The van der Waals surface area contributed by atoms with Gasteiger partial charge in [-0.2, -0.15) is 0 Å². The van der Waals surface area contributed by atoms with E-state index in [2.05, 4.69) is 10.5 Å². The first-order valence-electron chi connectivity index (χ1n) is 13.2. The molecular weight excluding hydrogens is 537 g/mol. The van der Waals surface area contributed by atoms with Crippen LogP contribution in [-0.4, -0.2) is 53.5 Å². The molecule has 1 atom stereocenters. The number of hydroxylamine groups is 1. The summed E-state index contributed by atoms with van der Waals surface area (Å²) in [4.78, 5) is 38.1. The van der Waals surface area contributed by atoms with Gasteiger partial charge in [0.15, 0.2) is 6.29 Å². The van der Waals surface area contributed by atoms with Crippen molar-refractivity contribution >= 4 is 23.3 Å². The average Bonchev–Trinajstić information content (AvgIpc) is 3.43. The van der Waals surface area contributed by atoms with E-state index in [1.807, 2.05) is 18.2 Å². The molecule has 1 aliphatic heterocycles. The average molecular weight is 572 g/mol. The van der Waals surface area contributed by atoms with Gasteiger partial charge in [-0.3, -0.25) is 9.78 Å². The molecule has 0 aliphatic carbocycles. The van der Waals surface area contributed by atoms with Crippen LogP contribution in [0.3, 0.4) is 0 Å². The minimum absolute atomic E-state index is 0.201. The number of amides is 2. The van der Waals surface area contributed by atoms with Crippen molar-refractivity contribution in [2.75, 3.05) is 19.8 Å². The Morgan fingerprint density at radius 1 is 1.12 bits per heavy atom. The van der Waals surface area contributed by atoms with Gasteiger partial charge in [0.2, 0.25) is 0 Å². The number of aromatic nitrogens is 1. The van der Waals surface area contributed by atoms with Gasteiger partial charge in [-0.05, 0) is 81.6 Å². The van der Waals surface area contributed by atoms with E-state index >= 15 is 0 Å². The second-order valence-electron chi connectivity index (χ2n) is 10.3. The fraction of sp³-hybridized carbons (Fsp3) is 0.414. The molecule has 2 aromatic heterocycles. The highest BCUT2D eigenvalue weighted by Gasteiger charge is 2.23. The second-order valence-corrected chi connectivity index (χ2v) is 11.3. The van der Waals surface area contributed by atoms with Crippen LogP contribution in [0.15, 0.2) is 54.7 Å². The lowest BCUT2D eigenvalue weighted by molar-refractivity contribution is -0.186. The number of carbonyl (C=O) groups excluding carboxylic acids is 2. The first kappa shape index (κ1) is 29.4. The van der Waals surface area contributed by atoms with Crippen LogP contribution in [0.1, 0.15) is 55.3 Å². The number of nitrogens with zero attached hydrogens (tertiary/aromatic N) is 2. The molecule has 1 unspecified atom stereocenters. The number of pyridine rings is 1. The third kappa shape index (κ3) is 9.00. The molecule has 3 heterocycles. The summed E-state index contributed by atoms with van der Waals surface area (Å²) < 4.78 is 29.9. The zero-order valence-corrected chi connectivity index (χ0v) is 23.7. The molecule has 0 saturated carbocycles. The number of rotatable bonds is 10. The van der Waals surface area contributed by atoms with Gasteiger partial charge < -0.3 is 19.1 Å². The van der Waals surface area contributed by atoms with E-state index in [1.54, 1.807) is 33.0 Å². The van der Waals surface area contributed by atoms with Gasteiger partial charge in [-0.1, -0.05) is 6.07 Å². The molecule has 0 spiro atoms.